The predicted molar refractivity (Wildman–Crippen MR) is 58.8 cm³/mol. The van der Waals surface area contributed by atoms with E-state index in [2.05, 4.69) is 21.1 Å². The zero-order chi connectivity index (χ0) is 12.0. The van der Waals surface area contributed by atoms with Crippen LogP contribution in [0, 0.1) is 0 Å². The first kappa shape index (κ1) is 12.0. The Bertz CT molecular complexity index is 316. The van der Waals surface area contributed by atoms with Gasteiger partial charge in [0.2, 0.25) is 0 Å². The Labute approximate surface area is 92.1 Å². The lowest BCUT2D eigenvalue weighted by atomic mass is 9.97. The van der Waals surface area contributed by atoms with Gasteiger partial charge in [-0.1, -0.05) is 0 Å². The number of hydrogen-bond donors (Lipinski definition) is 4. The number of primary amides is 2. The quantitative estimate of drug-likeness (QED) is 0.477. The maximum absolute atomic E-state index is 10.4. The third-order valence-electron chi connectivity index (χ3n) is 1.99. The number of nitrogens with one attached hydrogen (secondary N) is 2. The highest BCUT2D eigenvalue weighted by molar-refractivity contribution is 6.06. The molecule has 88 valence electrons. The minimum absolute atomic E-state index is 0.501. The van der Waals surface area contributed by atoms with Crippen molar-refractivity contribution in [1.82, 2.24) is 10.9 Å². The van der Waals surface area contributed by atoms with Gasteiger partial charge in [0, 0.05) is 17.8 Å². The lowest BCUT2D eigenvalue weighted by Crippen LogP contribution is -2.29. The third-order valence-corrected chi connectivity index (χ3v) is 1.99. The fourth-order valence-electron chi connectivity index (χ4n) is 1.37. The Kier molecular flexibility index (Phi) is 4.25. The number of nitrogens with zero attached hydrogens (tertiary/aromatic N) is 2. The Balaban J connectivity index is 2.52. The highest BCUT2D eigenvalue weighted by atomic mass is 16.2. The van der Waals surface area contributed by atoms with E-state index in [4.69, 9.17) is 11.5 Å². The van der Waals surface area contributed by atoms with Gasteiger partial charge in [-0.15, -0.1) is 0 Å². The van der Waals surface area contributed by atoms with Crippen LogP contribution in [0.4, 0.5) is 9.59 Å². The van der Waals surface area contributed by atoms with E-state index in [1.54, 1.807) is 0 Å². The molecular weight excluding hydrogens is 212 g/mol. The summed E-state index contributed by atoms with van der Waals surface area (Å²) in [4.78, 5) is 20.9. The van der Waals surface area contributed by atoms with Crippen LogP contribution in [0.1, 0.15) is 25.7 Å². The molecule has 16 heavy (non-hydrogen) atoms. The zero-order valence-electron chi connectivity index (χ0n) is 8.69. The molecule has 0 aromatic carbocycles. The van der Waals surface area contributed by atoms with Gasteiger partial charge in [-0.25, -0.2) is 20.4 Å². The molecule has 1 aliphatic carbocycles. The number of carbonyl (C=O) groups excluding carboxylic acids is 2. The van der Waals surface area contributed by atoms with Gasteiger partial charge < -0.3 is 11.5 Å². The van der Waals surface area contributed by atoms with Gasteiger partial charge in [-0.05, 0) is 19.3 Å². The van der Waals surface area contributed by atoms with Gasteiger partial charge in [0.05, 0.1) is 0 Å². The molecular formula is C8H14N6O2. The van der Waals surface area contributed by atoms with Crippen LogP contribution < -0.4 is 22.3 Å². The summed E-state index contributed by atoms with van der Waals surface area (Å²) >= 11 is 0. The molecule has 0 aromatic rings. The number of hydrogen-bond acceptors (Lipinski definition) is 4. The lowest BCUT2D eigenvalue weighted by molar-refractivity contribution is 0.248. The normalized spacial score (nSPS) is 20.8. The Morgan fingerprint density at radius 1 is 1.00 bits per heavy atom. The van der Waals surface area contributed by atoms with Crippen LogP contribution >= 0.6 is 0 Å². The van der Waals surface area contributed by atoms with Crippen LogP contribution in [0.25, 0.3) is 0 Å². The highest BCUT2D eigenvalue weighted by Gasteiger charge is 2.13. The van der Waals surface area contributed by atoms with Gasteiger partial charge in [0.25, 0.3) is 0 Å². The van der Waals surface area contributed by atoms with Crippen LogP contribution in [0.3, 0.4) is 0 Å². The SMILES string of the molecule is NC(=O)NN=C1CCCC(=NNC(N)=O)C1. The molecule has 1 saturated carbocycles. The first-order valence-electron chi connectivity index (χ1n) is 4.79. The minimum Gasteiger partial charge on any atom is -0.350 e. The van der Waals surface area contributed by atoms with Crippen molar-refractivity contribution in [3.8, 4) is 0 Å². The average molecular weight is 226 g/mol. The van der Waals surface area contributed by atoms with Gasteiger partial charge in [0.1, 0.15) is 0 Å². The van der Waals surface area contributed by atoms with E-state index in [1.165, 1.54) is 0 Å². The molecule has 0 aliphatic heterocycles. The minimum atomic E-state index is -0.702. The van der Waals surface area contributed by atoms with E-state index >= 15 is 0 Å². The molecule has 8 heteroatoms. The molecule has 0 radical (unpaired) electrons. The largest absolute Gasteiger partial charge is 0.350 e. The van der Waals surface area contributed by atoms with E-state index in [0.717, 1.165) is 30.7 Å². The summed E-state index contributed by atoms with van der Waals surface area (Å²) < 4.78 is 0. The fourth-order valence-corrected chi connectivity index (χ4v) is 1.37. The van der Waals surface area contributed by atoms with E-state index in [9.17, 15) is 9.59 Å². The van der Waals surface area contributed by atoms with E-state index < -0.39 is 12.1 Å². The first-order chi connectivity index (χ1) is 7.58. The number of amides is 4. The van der Waals surface area contributed by atoms with E-state index in [-0.39, 0.29) is 0 Å². The maximum atomic E-state index is 10.4. The van der Waals surface area contributed by atoms with Crippen LogP contribution in [0.5, 0.6) is 0 Å². The van der Waals surface area contributed by atoms with Crippen LogP contribution in [0.2, 0.25) is 0 Å². The molecule has 8 nitrogen and oxygen atoms in total. The Morgan fingerprint density at radius 2 is 1.44 bits per heavy atom. The van der Waals surface area contributed by atoms with Crippen molar-refractivity contribution in [3.05, 3.63) is 0 Å². The molecule has 0 saturated heterocycles. The smallest absolute Gasteiger partial charge is 0.332 e. The van der Waals surface area contributed by atoms with Gasteiger partial charge in [-0.3, -0.25) is 0 Å². The second-order valence-electron chi connectivity index (χ2n) is 3.34. The fraction of sp³-hybridized carbons (Fsp3) is 0.500. The highest BCUT2D eigenvalue weighted by Crippen LogP contribution is 2.12. The van der Waals surface area contributed by atoms with Crippen molar-refractivity contribution in [2.24, 2.45) is 21.7 Å². The molecule has 1 rings (SSSR count). The second-order valence-corrected chi connectivity index (χ2v) is 3.34. The summed E-state index contributed by atoms with van der Waals surface area (Å²) in [5.74, 6) is 0. The summed E-state index contributed by atoms with van der Waals surface area (Å²) in [5.41, 5.74) is 15.6. The summed E-state index contributed by atoms with van der Waals surface area (Å²) in [7, 11) is 0. The van der Waals surface area contributed by atoms with Gasteiger partial charge in [-0.2, -0.15) is 10.2 Å². The molecule has 0 aromatic heterocycles. The molecule has 1 aliphatic rings. The summed E-state index contributed by atoms with van der Waals surface area (Å²) in [6.07, 6.45) is 2.91. The lowest BCUT2D eigenvalue weighted by Gasteiger charge is -2.14. The van der Waals surface area contributed by atoms with Crippen molar-refractivity contribution < 1.29 is 9.59 Å². The van der Waals surface area contributed by atoms with Crippen LogP contribution in [0.15, 0.2) is 10.2 Å². The summed E-state index contributed by atoms with van der Waals surface area (Å²) in [5, 5.41) is 7.65. The Hall–Kier alpha value is -2.12. The molecule has 0 heterocycles. The summed E-state index contributed by atoms with van der Waals surface area (Å²) in [6, 6.07) is -1.40. The van der Waals surface area contributed by atoms with Crippen molar-refractivity contribution in [2.45, 2.75) is 25.7 Å². The molecule has 1 fully saturated rings. The summed E-state index contributed by atoms with van der Waals surface area (Å²) in [6.45, 7) is 0. The van der Waals surface area contributed by atoms with Crippen LogP contribution in [-0.2, 0) is 0 Å². The predicted octanol–water partition coefficient (Wildman–Crippen LogP) is -0.391. The number of hydrazone groups is 2. The monoisotopic (exact) mass is 226 g/mol. The molecule has 4 amide bonds. The number of urea groups is 2. The van der Waals surface area contributed by atoms with Crippen molar-refractivity contribution >= 4 is 23.5 Å². The number of carbonyl (C=O) groups is 2. The van der Waals surface area contributed by atoms with Crippen LogP contribution in [-0.4, -0.2) is 23.5 Å². The average Bonchev–Trinajstić information content (AvgIpc) is 2.24. The van der Waals surface area contributed by atoms with Crippen molar-refractivity contribution in [1.29, 1.82) is 0 Å². The maximum Gasteiger partial charge on any atom is 0.332 e. The zero-order valence-corrected chi connectivity index (χ0v) is 8.69. The van der Waals surface area contributed by atoms with Gasteiger partial charge in [0.15, 0.2) is 0 Å². The van der Waals surface area contributed by atoms with Crippen molar-refractivity contribution in [3.63, 3.8) is 0 Å². The molecule has 0 atom stereocenters. The first-order valence-corrected chi connectivity index (χ1v) is 4.79. The number of nitrogens with two attached hydrogens (primary N) is 2. The topological polar surface area (TPSA) is 135 Å². The molecule has 6 N–H and O–H groups in total. The molecule has 0 spiro atoms. The standard InChI is InChI=1S/C8H14N6O2/c9-7(15)13-11-5-2-1-3-6(4-5)12-14-8(10)16/h1-4H2,(H3,9,13,15)(H3,10,14,16). The van der Waals surface area contributed by atoms with Crippen molar-refractivity contribution in [2.75, 3.05) is 0 Å². The second kappa shape index (κ2) is 5.69. The number of rotatable bonds is 2. The molecule has 0 unspecified atom stereocenters. The van der Waals surface area contributed by atoms with E-state index in [1.807, 2.05) is 0 Å². The third kappa shape index (κ3) is 4.40. The van der Waals surface area contributed by atoms with E-state index in [0.29, 0.717) is 6.42 Å². The Morgan fingerprint density at radius 3 is 1.81 bits per heavy atom. The molecule has 0 bridgehead atoms. The van der Waals surface area contributed by atoms with Gasteiger partial charge >= 0.3 is 12.1 Å².